The Morgan fingerprint density at radius 2 is 1.44 bits per heavy atom. The van der Waals surface area contributed by atoms with E-state index in [2.05, 4.69) is 11.4 Å². The fourth-order valence-corrected chi connectivity index (χ4v) is 5.28. The van der Waals surface area contributed by atoms with Crippen LogP contribution in [0.1, 0.15) is 34.7 Å². The number of amides is 4. The Morgan fingerprint density at radius 1 is 0.778 bits per heavy atom. The molecule has 10 heteroatoms. The van der Waals surface area contributed by atoms with Gasteiger partial charge in [0.2, 0.25) is 0 Å². The number of urea groups is 1. The number of anilines is 1. The number of halogens is 2. The number of aryl methyl sites for hydroxylation is 2. The number of carbonyl (C=O) groups is 3. The second-order valence-corrected chi connectivity index (χ2v) is 11.3. The summed E-state index contributed by atoms with van der Waals surface area (Å²) < 4.78 is 17.7. The molecule has 4 aromatic rings. The Balaban J connectivity index is 1.35. The Bertz CT molecular complexity index is 1770. The van der Waals surface area contributed by atoms with Crippen LogP contribution in [-0.2, 0) is 22.8 Å². The zero-order valence-electron chi connectivity index (χ0n) is 24.9. The summed E-state index contributed by atoms with van der Waals surface area (Å²) in [5, 5.41) is 3.11. The van der Waals surface area contributed by atoms with Gasteiger partial charge in [-0.2, -0.15) is 0 Å². The number of imide groups is 2. The monoisotopic (exact) mass is 644 g/mol. The van der Waals surface area contributed by atoms with Crippen molar-refractivity contribution < 1.29 is 28.6 Å². The molecule has 1 N–H and O–H groups in total. The molecule has 5 rings (SSSR count). The second-order valence-electron chi connectivity index (χ2n) is 10.4. The van der Waals surface area contributed by atoms with Crippen LogP contribution in [0.25, 0.3) is 6.08 Å². The Kier molecular flexibility index (Phi) is 9.76. The number of nitrogens with one attached hydrogen (secondary N) is 1. The van der Waals surface area contributed by atoms with Crippen molar-refractivity contribution >= 4 is 52.8 Å². The molecule has 230 valence electrons. The molecule has 1 saturated heterocycles. The summed E-state index contributed by atoms with van der Waals surface area (Å²) in [5.41, 5.74) is 4.57. The molecular formula is C35H30Cl2N2O6. The maximum Gasteiger partial charge on any atom is 0.335 e. The van der Waals surface area contributed by atoms with Gasteiger partial charge in [0.15, 0.2) is 11.5 Å². The third-order valence-electron chi connectivity index (χ3n) is 6.82. The first-order valence-corrected chi connectivity index (χ1v) is 14.9. The molecule has 8 nitrogen and oxygen atoms in total. The highest BCUT2D eigenvalue weighted by atomic mass is 35.5. The average molecular weight is 646 g/mol. The zero-order valence-corrected chi connectivity index (χ0v) is 26.4. The van der Waals surface area contributed by atoms with E-state index in [0.29, 0.717) is 41.0 Å². The number of hydrogen-bond donors (Lipinski definition) is 1. The minimum Gasteiger partial charge on any atom is -0.490 e. The molecule has 0 aliphatic carbocycles. The van der Waals surface area contributed by atoms with Gasteiger partial charge in [0.05, 0.1) is 17.3 Å². The van der Waals surface area contributed by atoms with Crippen LogP contribution in [0, 0.1) is 13.8 Å². The van der Waals surface area contributed by atoms with Crippen molar-refractivity contribution in [3.05, 3.63) is 122 Å². The number of barbiturate groups is 1. The summed E-state index contributed by atoms with van der Waals surface area (Å²) in [6.07, 6.45) is 1.36. The predicted octanol–water partition coefficient (Wildman–Crippen LogP) is 7.83. The topological polar surface area (TPSA) is 94.2 Å². The smallest absolute Gasteiger partial charge is 0.335 e. The Morgan fingerprint density at radius 3 is 2.11 bits per heavy atom. The van der Waals surface area contributed by atoms with Crippen molar-refractivity contribution in [2.45, 2.75) is 34.0 Å². The van der Waals surface area contributed by atoms with Crippen molar-refractivity contribution in [1.82, 2.24) is 5.32 Å². The number of carbonyl (C=O) groups excluding carboxylic acids is 3. The average Bonchev–Trinajstić information content (AvgIpc) is 2.99. The van der Waals surface area contributed by atoms with Gasteiger partial charge in [0.1, 0.15) is 24.5 Å². The quantitative estimate of drug-likeness (QED) is 0.140. The Labute approximate surface area is 271 Å². The highest BCUT2D eigenvalue weighted by molar-refractivity contribution is 6.39. The molecule has 45 heavy (non-hydrogen) atoms. The predicted molar refractivity (Wildman–Crippen MR) is 174 cm³/mol. The van der Waals surface area contributed by atoms with E-state index in [1.54, 1.807) is 48.5 Å². The van der Waals surface area contributed by atoms with Gasteiger partial charge in [-0.25, -0.2) is 9.69 Å². The van der Waals surface area contributed by atoms with Crippen LogP contribution in [0.3, 0.4) is 0 Å². The summed E-state index contributed by atoms with van der Waals surface area (Å²) in [6, 6.07) is 22.1. The summed E-state index contributed by atoms with van der Waals surface area (Å²) >= 11 is 12.6. The molecule has 1 aliphatic rings. The lowest BCUT2D eigenvalue weighted by atomic mass is 10.1. The van der Waals surface area contributed by atoms with Gasteiger partial charge in [0.25, 0.3) is 11.8 Å². The molecule has 0 radical (unpaired) electrons. The van der Waals surface area contributed by atoms with E-state index in [1.807, 2.05) is 45.0 Å². The van der Waals surface area contributed by atoms with Crippen LogP contribution < -0.4 is 24.4 Å². The summed E-state index contributed by atoms with van der Waals surface area (Å²) in [7, 11) is 0. The molecule has 0 saturated carbocycles. The van der Waals surface area contributed by atoms with Crippen LogP contribution in [0.4, 0.5) is 10.5 Å². The fraction of sp³-hybridized carbons (Fsp3) is 0.171. The van der Waals surface area contributed by atoms with Crippen molar-refractivity contribution in [1.29, 1.82) is 0 Å². The van der Waals surface area contributed by atoms with Gasteiger partial charge < -0.3 is 14.2 Å². The number of rotatable bonds is 10. The van der Waals surface area contributed by atoms with Gasteiger partial charge in [-0.1, -0.05) is 64.7 Å². The van der Waals surface area contributed by atoms with E-state index < -0.39 is 17.8 Å². The maximum atomic E-state index is 13.5. The van der Waals surface area contributed by atoms with E-state index in [1.165, 1.54) is 6.08 Å². The lowest BCUT2D eigenvalue weighted by molar-refractivity contribution is -0.122. The van der Waals surface area contributed by atoms with Gasteiger partial charge in [0, 0.05) is 5.02 Å². The van der Waals surface area contributed by atoms with Crippen LogP contribution in [0.2, 0.25) is 10.0 Å². The van der Waals surface area contributed by atoms with E-state index >= 15 is 0 Å². The first kappa shape index (κ1) is 31.6. The normalized spacial score (nSPS) is 14.0. The highest BCUT2D eigenvalue weighted by Gasteiger charge is 2.37. The molecular weight excluding hydrogens is 615 g/mol. The summed E-state index contributed by atoms with van der Waals surface area (Å²) in [4.78, 5) is 39.9. The van der Waals surface area contributed by atoms with E-state index in [0.717, 1.165) is 27.2 Å². The third-order valence-corrected chi connectivity index (χ3v) is 7.36. The molecule has 0 unspecified atom stereocenters. The molecule has 0 aromatic heterocycles. The molecule has 0 bridgehead atoms. The minimum atomic E-state index is -0.861. The van der Waals surface area contributed by atoms with Gasteiger partial charge in [-0.05, 0) is 92.1 Å². The van der Waals surface area contributed by atoms with E-state index in [9.17, 15) is 14.4 Å². The van der Waals surface area contributed by atoms with E-state index in [-0.39, 0.29) is 22.9 Å². The largest absolute Gasteiger partial charge is 0.490 e. The first-order valence-electron chi connectivity index (χ1n) is 14.2. The highest BCUT2D eigenvalue weighted by Crippen LogP contribution is 2.38. The Hall–Kier alpha value is -4.79. The summed E-state index contributed by atoms with van der Waals surface area (Å²) in [5.74, 6) is -0.388. The van der Waals surface area contributed by atoms with Gasteiger partial charge >= 0.3 is 6.03 Å². The van der Waals surface area contributed by atoms with E-state index in [4.69, 9.17) is 37.4 Å². The minimum absolute atomic E-state index is 0.239. The lowest BCUT2D eigenvalue weighted by Gasteiger charge is -2.26. The summed E-state index contributed by atoms with van der Waals surface area (Å²) in [6.45, 7) is 6.76. The molecule has 0 spiro atoms. The first-order chi connectivity index (χ1) is 21.6. The number of nitrogens with zero attached hydrogens (tertiary/aromatic N) is 1. The second kappa shape index (κ2) is 13.9. The molecule has 1 heterocycles. The van der Waals surface area contributed by atoms with Crippen molar-refractivity contribution in [3.63, 3.8) is 0 Å². The fourth-order valence-electron chi connectivity index (χ4n) is 4.88. The maximum absolute atomic E-state index is 13.5. The van der Waals surface area contributed by atoms with Crippen LogP contribution in [0.5, 0.6) is 17.2 Å². The van der Waals surface area contributed by atoms with Crippen molar-refractivity contribution in [2.75, 3.05) is 11.5 Å². The van der Waals surface area contributed by atoms with Crippen molar-refractivity contribution in [2.24, 2.45) is 0 Å². The number of benzene rings is 4. The molecule has 4 amide bonds. The lowest BCUT2D eigenvalue weighted by Crippen LogP contribution is -2.54. The molecule has 1 aliphatic heterocycles. The van der Waals surface area contributed by atoms with Crippen molar-refractivity contribution in [3.8, 4) is 17.2 Å². The van der Waals surface area contributed by atoms with Crippen LogP contribution >= 0.6 is 23.2 Å². The zero-order chi connectivity index (χ0) is 32.1. The molecule has 4 aromatic carbocycles. The third kappa shape index (κ3) is 7.66. The van der Waals surface area contributed by atoms with Crippen LogP contribution in [-0.4, -0.2) is 24.5 Å². The van der Waals surface area contributed by atoms with Crippen LogP contribution in [0.15, 0.2) is 84.4 Å². The number of hydrogen-bond acceptors (Lipinski definition) is 6. The van der Waals surface area contributed by atoms with Gasteiger partial charge in [-0.15, -0.1) is 0 Å². The number of ether oxygens (including phenoxy) is 3. The standard InChI is InChI=1S/C35H30Cl2N2O6/c1-4-43-31-18-24(17-30(37)32(31)45-20-25-14-21(2)13-22(3)15-25)16-29-33(40)38-35(42)39(34(29)41)27-9-11-28(12-10-27)44-19-23-5-7-26(36)8-6-23/h5-18H,4,19-20H2,1-3H3,(H,38,40,42)/b29-16+. The molecule has 0 atom stereocenters. The SMILES string of the molecule is CCOc1cc(/C=C2\C(=O)NC(=O)N(c3ccc(OCc4ccc(Cl)cc4)cc3)C2=O)cc(Cl)c1OCc1cc(C)cc(C)c1. The molecule has 1 fully saturated rings. The van der Waals surface area contributed by atoms with Gasteiger partial charge in [-0.3, -0.25) is 14.9 Å².